The van der Waals surface area contributed by atoms with E-state index in [0.717, 1.165) is 22.3 Å². The van der Waals surface area contributed by atoms with Crippen molar-refractivity contribution in [3.8, 4) is 11.1 Å². The molecule has 0 saturated carbocycles. The molecule has 2 aromatic rings. The van der Waals surface area contributed by atoms with Gasteiger partial charge in [-0.05, 0) is 34.6 Å². The summed E-state index contributed by atoms with van der Waals surface area (Å²) in [7, 11) is 0. The Bertz CT molecular complexity index is 1040. The highest BCUT2D eigenvalue weighted by atomic mass is 16.5. The third-order valence-corrected chi connectivity index (χ3v) is 6.53. The average molecular weight is 481 g/mol. The standard InChI is InChI=1S/C27H32N2O6/c1-17(2)14-29(15-24(30)31)26(32)25-18(11-12-34-25)13-28-27(33)35-16-23-21-9-5-3-7-19(21)20-8-4-6-10-22(20)23/h3-10,17-18,23,25H,11-16H2,1-2H3,(H,28,33)(H,30,31)/t18-,25-/m0/s1. The fourth-order valence-corrected chi connectivity index (χ4v) is 5.00. The van der Waals surface area contributed by atoms with Gasteiger partial charge in [-0.3, -0.25) is 9.59 Å². The lowest BCUT2D eigenvalue weighted by molar-refractivity contribution is -0.150. The molecule has 2 aliphatic rings. The molecule has 8 nitrogen and oxygen atoms in total. The number of nitrogens with zero attached hydrogens (tertiary/aromatic N) is 1. The Morgan fingerprint density at radius 3 is 2.31 bits per heavy atom. The van der Waals surface area contributed by atoms with Crippen molar-refractivity contribution in [2.75, 3.05) is 32.8 Å². The summed E-state index contributed by atoms with van der Waals surface area (Å²) in [5.74, 6) is -1.57. The minimum atomic E-state index is -1.06. The highest BCUT2D eigenvalue weighted by Gasteiger charge is 2.38. The number of aliphatic carboxylic acids is 1. The maximum Gasteiger partial charge on any atom is 0.407 e. The first kappa shape index (κ1) is 24.7. The van der Waals surface area contributed by atoms with Gasteiger partial charge in [0, 0.05) is 31.5 Å². The van der Waals surface area contributed by atoms with E-state index in [1.807, 2.05) is 38.1 Å². The van der Waals surface area contributed by atoms with Gasteiger partial charge in [0.15, 0.2) is 0 Å². The molecule has 4 rings (SSSR count). The van der Waals surface area contributed by atoms with E-state index in [1.54, 1.807) is 0 Å². The molecular formula is C27H32N2O6. The molecule has 2 atom stereocenters. The van der Waals surface area contributed by atoms with Crippen LogP contribution in [0.2, 0.25) is 0 Å². The zero-order valence-electron chi connectivity index (χ0n) is 20.1. The molecular weight excluding hydrogens is 448 g/mol. The number of fused-ring (bicyclic) bond motifs is 3. The summed E-state index contributed by atoms with van der Waals surface area (Å²) in [5, 5.41) is 12.0. The van der Waals surface area contributed by atoms with Crippen LogP contribution >= 0.6 is 0 Å². The Hall–Kier alpha value is -3.39. The molecule has 35 heavy (non-hydrogen) atoms. The molecule has 8 heteroatoms. The van der Waals surface area contributed by atoms with Crippen molar-refractivity contribution in [2.45, 2.75) is 32.3 Å². The second-order valence-electron chi connectivity index (χ2n) is 9.55. The maximum absolute atomic E-state index is 13.0. The normalized spacial score (nSPS) is 18.7. The number of alkyl carbamates (subject to hydrolysis) is 1. The molecule has 0 spiro atoms. The summed E-state index contributed by atoms with van der Waals surface area (Å²) < 4.78 is 11.2. The molecule has 0 bridgehead atoms. The second kappa shape index (κ2) is 10.9. The van der Waals surface area contributed by atoms with E-state index in [9.17, 15) is 19.5 Å². The zero-order valence-corrected chi connectivity index (χ0v) is 20.1. The predicted octanol–water partition coefficient (Wildman–Crippen LogP) is 3.50. The second-order valence-corrected chi connectivity index (χ2v) is 9.55. The third kappa shape index (κ3) is 5.65. The van der Waals surface area contributed by atoms with E-state index >= 15 is 0 Å². The number of carboxylic acids is 1. The van der Waals surface area contributed by atoms with Crippen LogP contribution in [0.5, 0.6) is 0 Å². The Morgan fingerprint density at radius 2 is 1.71 bits per heavy atom. The van der Waals surface area contributed by atoms with Crippen molar-refractivity contribution in [2.24, 2.45) is 11.8 Å². The molecule has 1 fully saturated rings. The van der Waals surface area contributed by atoms with E-state index in [2.05, 4.69) is 29.6 Å². The van der Waals surface area contributed by atoms with E-state index in [-0.39, 0.29) is 43.4 Å². The molecule has 2 N–H and O–H groups in total. The first-order chi connectivity index (χ1) is 16.8. The summed E-state index contributed by atoms with van der Waals surface area (Å²) >= 11 is 0. The molecule has 1 saturated heterocycles. The SMILES string of the molecule is CC(C)CN(CC(=O)O)C(=O)[C@H]1OCC[C@H]1CNC(=O)OCC1c2ccccc2-c2ccccc21. The fraction of sp³-hybridized carbons (Fsp3) is 0.444. The van der Waals surface area contributed by atoms with Crippen LogP contribution < -0.4 is 5.32 Å². The van der Waals surface area contributed by atoms with Crippen molar-refractivity contribution < 1.29 is 29.0 Å². The van der Waals surface area contributed by atoms with Gasteiger partial charge in [0.05, 0.1) is 0 Å². The molecule has 2 amide bonds. The Balaban J connectivity index is 1.33. The third-order valence-electron chi connectivity index (χ3n) is 6.53. The summed E-state index contributed by atoms with van der Waals surface area (Å²) in [6, 6.07) is 16.3. The van der Waals surface area contributed by atoms with Crippen LogP contribution in [0.4, 0.5) is 4.79 Å². The van der Waals surface area contributed by atoms with Gasteiger partial charge in [-0.2, -0.15) is 0 Å². The van der Waals surface area contributed by atoms with Gasteiger partial charge < -0.3 is 24.8 Å². The maximum atomic E-state index is 13.0. The number of carbonyl (C=O) groups is 3. The van der Waals surface area contributed by atoms with Gasteiger partial charge in [0.1, 0.15) is 19.3 Å². The number of benzene rings is 2. The van der Waals surface area contributed by atoms with E-state index in [4.69, 9.17) is 9.47 Å². The summed E-state index contributed by atoms with van der Waals surface area (Å²) in [4.78, 5) is 38.1. The largest absolute Gasteiger partial charge is 0.480 e. The van der Waals surface area contributed by atoms with Crippen LogP contribution in [0.1, 0.15) is 37.3 Å². The molecule has 1 aliphatic heterocycles. The van der Waals surface area contributed by atoms with Crippen molar-refractivity contribution >= 4 is 18.0 Å². The number of ether oxygens (including phenoxy) is 2. The molecule has 186 valence electrons. The molecule has 0 unspecified atom stereocenters. The minimum Gasteiger partial charge on any atom is -0.480 e. The highest BCUT2D eigenvalue weighted by Crippen LogP contribution is 2.44. The lowest BCUT2D eigenvalue weighted by Crippen LogP contribution is -2.47. The van der Waals surface area contributed by atoms with Gasteiger partial charge in [-0.1, -0.05) is 62.4 Å². The predicted molar refractivity (Wildman–Crippen MR) is 130 cm³/mol. The number of hydrogen-bond acceptors (Lipinski definition) is 5. The number of carboxylic acid groups (broad SMARTS) is 1. The Labute approximate surface area is 205 Å². The van der Waals surface area contributed by atoms with Gasteiger partial charge in [0.2, 0.25) is 0 Å². The molecule has 1 heterocycles. The summed E-state index contributed by atoms with van der Waals surface area (Å²) in [6.07, 6.45) is -0.723. The van der Waals surface area contributed by atoms with Crippen molar-refractivity contribution in [3.05, 3.63) is 59.7 Å². The van der Waals surface area contributed by atoms with Crippen LogP contribution in [0.25, 0.3) is 11.1 Å². The van der Waals surface area contributed by atoms with E-state index < -0.39 is 18.2 Å². The lowest BCUT2D eigenvalue weighted by atomic mass is 9.98. The van der Waals surface area contributed by atoms with Gasteiger partial charge in [0.25, 0.3) is 5.91 Å². The zero-order chi connectivity index (χ0) is 24.9. The lowest BCUT2D eigenvalue weighted by Gasteiger charge is -2.27. The molecule has 0 aromatic heterocycles. The first-order valence-corrected chi connectivity index (χ1v) is 12.1. The Morgan fingerprint density at radius 1 is 1.09 bits per heavy atom. The molecule has 0 radical (unpaired) electrons. The Kier molecular flexibility index (Phi) is 7.70. The van der Waals surface area contributed by atoms with Crippen LogP contribution in [-0.2, 0) is 19.1 Å². The van der Waals surface area contributed by atoms with Gasteiger partial charge >= 0.3 is 12.1 Å². The highest BCUT2D eigenvalue weighted by molar-refractivity contribution is 5.85. The number of hydrogen-bond donors (Lipinski definition) is 2. The fourth-order valence-electron chi connectivity index (χ4n) is 5.00. The van der Waals surface area contributed by atoms with Crippen LogP contribution in [0.3, 0.4) is 0 Å². The van der Waals surface area contributed by atoms with E-state index in [0.29, 0.717) is 19.6 Å². The molecule has 1 aliphatic carbocycles. The van der Waals surface area contributed by atoms with Crippen LogP contribution in [0, 0.1) is 11.8 Å². The van der Waals surface area contributed by atoms with Crippen molar-refractivity contribution in [1.29, 1.82) is 0 Å². The first-order valence-electron chi connectivity index (χ1n) is 12.1. The topological polar surface area (TPSA) is 105 Å². The van der Waals surface area contributed by atoms with Crippen LogP contribution in [-0.4, -0.2) is 66.9 Å². The van der Waals surface area contributed by atoms with Gasteiger partial charge in [-0.25, -0.2) is 4.79 Å². The smallest absolute Gasteiger partial charge is 0.407 e. The number of carbonyl (C=O) groups excluding carboxylic acids is 2. The van der Waals surface area contributed by atoms with Crippen LogP contribution in [0.15, 0.2) is 48.5 Å². The summed E-state index contributed by atoms with van der Waals surface area (Å²) in [5.41, 5.74) is 4.60. The van der Waals surface area contributed by atoms with Gasteiger partial charge in [-0.15, -0.1) is 0 Å². The quantitative estimate of drug-likeness (QED) is 0.569. The van der Waals surface area contributed by atoms with E-state index in [1.165, 1.54) is 4.90 Å². The number of amides is 2. The minimum absolute atomic E-state index is 0.0297. The average Bonchev–Trinajstić information content (AvgIpc) is 3.42. The monoisotopic (exact) mass is 480 g/mol. The number of nitrogens with one attached hydrogen (secondary N) is 1. The van der Waals surface area contributed by atoms with Crippen molar-refractivity contribution in [3.63, 3.8) is 0 Å². The summed E-state index contributed by atoms with van der Waals surface area (Å²) in [6.45, 7) is 4.62. The van der Waals surface area contributed by atoms with Crippen molar-refractivity contribution in [1.82, 2.24) is 10.2 Å². The number of rotatable bonds is 9. The molecule has 2 aromatic carbocycles.